The molecule has 2 amide bonds. The average Bonchev–Trinajstić information content (AvgIpc) is 3.23. The molecule has 0 radical (unpaired) electrons. The van der Waals surface area contributed by atoms with Gasteiger partial charge in [0.1, 0.15) is 5.82 Å². The number of urea groups is 1. The number of rotatable bonds is 2. The first-order valence-corrected chi connectivity index (χ1v) is 8.75. The van der Waals surface area contributed by atoms with Crippen LogP contribution in [0, 0.1) is 12.7 Å². The minimum Gasteiger partial charge on any atom is -0.339 e. The van der Waals surface area contributed by atoms with Crippen LogP contribution in [0.5, 0.6) is 0 Å². The largest absolute Gasteiger partial charge is 0.339 e. The highest BCUT2D eigenvalue weighted by molar-refractivity contribution is 5.75. The number of nitrogens with one attached hydrogen (secondary N) is 1. The van der Waals surface area contributed by atoms with E-state index in [1.165, 1.54) is 6.07 Å². The molecule has 2 aliphatic rings. The zero-order valence-corrected chi connectivity index (χ0v) is 14.2. The summed E-state index contributed by atoms with van der Waals surface area (Å²) in [5.74, 6) is 1.11. The van der Waals surface area contributed by atoms with E-state index in [1.54, 1.807) is 17.9 Å². The Bertz CT molecular complexity index is 791. The number of piperidine rings is 1. The Morgan fingerprint density at radius 3 is 3.08 bits per heavy atom. The van der Waals surface area contributed by atoms with E-state index in [1.807, 2.05) is 6.07 Å². The Morgan fingerprint density at radius 1 is 1.40 bits per heavy atom. The molecule has 0 saturated carbocycles. The van der Waals surface area contributed by atoms with Gasteiger partial charge in [-0.05, 0) is 49.8 Å². The first-order valence-electron chi connectivity index (χ1n) is 8.75. The maximum absolute atomic E-state index is 13.9. The summed E-state index contributed by atoms with van der Waals surface area (Å²) in [5.41, 5.74) is 1.63. The van der Waals surface area contributed by atoms with Crippen LogP contribution in [-0.2, 0) is 6.42 Å². The molecule has 2 aromatic rings. The van der Waals surface area contributed by atoms with Crippen molar-refractivity contribution in [2.24, 2.45) is 0 Å². The first kappa shape index (κ1) is 16.1. The number of nitrogens with zero attached hydrogens (tertiary/aromatic N) is 3. The first-order chi connectivity index (χ1) is 12.1. The van der Waals surface area contributed by atoms with Gasteiger partial charge < -0.3 is 14.7 Å². The molecular formula is C18H21FN4O2. The van der Waals surface area contributed by atoms with E-state index in [0.29, 0.717) is 31.2 Å². The van der Waals surface area contributed by atoms with Gasteiger partial charge in [-0.1, -0.05) is 17.3 Å². The number of likely N-dealkylation sites (tertiary alicyclic amines) is 1. The van der Waals surface area contributed by atoms with E-state index in [2.05, 4.69) is 15.5 Å². The standard InChI is InChI=1S/C18H21FN4O2/c1-11-20-17(25-22-11)12-4-3-9-23(10-12)18(24)21-16-8-7-13-14(16)5-2-6-15(13)19/h2,5-6,12,16H,3-4,7-10H2,1H3,(H,21,24). The maximum Gasteiger partial charge on any atom is 0.317 e. The highest BCUT2D eigenvalue weighted by Crippen LogP contribution is 2.33. The fourth-order valence-corrected chi connectivity index (χ4v) is 3.84. The van der Waals surface area contributed by atoms with Crippen molar-refractivity contribution in [3.63, 3.8) is 0 Å². The predicted octanol–water partition coefficient (Wildman–Crippen LogP) is 3.09. The molecule has 2 heterocycles. The number of carbonyl (C=O) groups excluding carboxylic acids is 1. The third-order valence-electron chi connectivity index (χ3n) is 5.11. The topological polar surface area (TPSA) is 71.3 Å². The van der Waals surface area contributed by atoms with E-state index in [0.717, 1.165) is 30.4 Å². The number of aromatic nitrogens is 2. The van der Waals surface area contributed by atoms with Crippen LogP contribution in [0.25, 0.3) is 0 Å². The lowest BCUT2D eigenvalue weighted by Gasteiger charge is -2.32. The molecule has 6 nitrogen and oxygen atoms in total. The Balaban J connectivity index is 1.43. The van der Waals surface area contributed by atoms with Crippen LogP contribution in [0.15, 0.2) is 22.7 Å². The molecule has 25 heavy (non-hydrogen) atoms. The number of amides is 2. The van der Waals surface area contributed by atoms with Gasteiger partial charge in [-0.25, -0.2) is 9.18 Å². The molecule has 4 rings (SSSR count). The van der Waals surface area contributed by atoms with Crippen LogP contribution in [0.4, 0.5) is 9.18 Å². The van der Waals surface area contributed by atoms with Crippen molar-refractivity contribution in [3.05, 3.63) is 46.9 Å². The molecule has 1 aliphatic heterocycles. The van der Waals surface area contributed by atoms with Crippen LogP contribution < -0.4 is 5.32 Å². The molecule has 2 atom stereocenters. The lowest BCUT2D eigenvalue weighted by molar-refractivity contribution is 0.168. The molecule has 1 aromatic heterocycles. The number of aryl methyl sites for hydroxylation is 1. The molecule has 132 valence electrons. The van der Waals surface area contributed by atoms with Crippen molar-refractivity contribution >= 4 is 6.03 Å². The Labute approximate surface area is 145 Å². The lowest BCUT2D eigenvalue weighted by atomic mass is 9.98. The summed E-state index contributed by atoms with van der Waals surface area (Å²) in [5, 5.41) is 6.90. The number of hydrogen-bond acceptors (Lipinski definition) is 4. The lowest BCUT2D eigenvalue weighted by Crippen LogP contribution is -2.45. The number of fused-ring (bicyclic) bond motifs is 1. The second-order valence-corrected chi connectivity index (χ2v) is 6.81. The quantitative estimate of drug-likeness (QED) is 0.909. The van der Waals surface area contributed by atoms with Gasteiger partial charge >= 0.3 is 6.03 Å². The van der Waals surface area contributed by atoms with Gasteiger partial charge in [0.25, 0.3) is 0 Å². The summed E-state index contributed by atoms with van der Waals surface area (Å²) in [6.07, 6.45) is 3.23. The predicted molar refractivity (Wildman–Crippen MR) is 88.6 cm³/mol. The number of halogens is 1. The van der Waals surface area contributed by atoms with Crippen molar-refractivity contribution < 1.29 is 13.7 Å². The fraction of sp³-hybridized carbons (Fsp3) is 0.500. The second-order valence-electron chi connectivity index (χ2n) is 6.81. The van der Waals surface area contributed by atoms with Crippen LogP contribution in [0.3, 0.4) is 0 Å². The van der Waals surface area contributed by atoms with E-state index in [-0.39, 0.29) is 23.8 Å². The molecule has 1 saturated heterocycles. The van der Waals surface area contributed by atoms with Crippen LogP contribution in [0.1, 0.15) is 54.1 Å². The van der Waals surface area contributed by atoms with Crippen molar-refractivity contribution in [2.45, 2.75) is 44.6 Å². The fourth-order valence-electron chi connectivity index (χ4n) is 3.84. The molecule has 1 N–H and O–H groups in total. The van der Waals surface area contributed by atoms with Crippen molar-refractivity contribution in [1.82, 2.24) is 20.4 Å². The SMILES string of the molecule is Cc1noc(C2CCCN(C(=O)NC3CCc4c(F)cccc43)C2)n1. The normalized spacial score (nSPS) is 22.7. The summed E-state index contributed by atoms with van der Waals surface area (Å²) in [6, 6.07) is 4.85. The van der Waals surface area contributed by atoms with Gasteiger partial charge in [-0.2, -0.15) is 4.98 Å². The summed E-state index contributed by atoms with van der Waals surface area (Å²) in [4.78, 5) is 18.8. The molecule has 1 aromatic carbocycles. The zero-order chi connectivity index (χ0) is 17.4. The molecule has 1 aliphatic carbocycles. The number of benzene rings is 1. The highest BCUT2D eigenvalue weighted by Gasteiger charge is 2.31. The van der Waals surface area contributed by atoms with Gasteiger partial charge in [0.15, 0.2) is 5.82 Å². The number of carbonyl (C=O) groups is 1. The second kappa shape index (κ2) is 6.46. The maximum atomic E-state index is 13.9. The highest BCUT2D eigenvalue weighted by atomic mass is 19.1. The molecule has 0 bridgehead atoms. The molecule has 7 heteroatoms. The molecule has 2 unspecified atom stereocenters. The van der Waals surface area contributed by atoms with Crippen LogP contribution in [-0.4, -0.2) is 34.2 Å². The van der Waals surface area contributed by atoms with E-state index in [9.17, 15) is 9.18 Å². The van der Waals surface area contributed by atoms with Crippen LogP contribution in [0.2, 0.25) is 0 Å². The minimum absolute atomic E-state index is 0.0778. The summed E-state index contributed by atoms with van der Waals surface area (Å²) < 4.78 is 19.1. The summed E-state index contributed by atoms with van der Waals surface area (Å²) in [6.45, 7) is 3.06. The van der Waals surface area contributed by atoms with Gasteiger partial charge in [0, 0.05) is 13.1 Å². The van der Waals surface area contributed by atoms with Crippen molar-refractivity contribution in [2.75, 3.05) is 13.1 Å². The third-order valence-corrected chi connectivity index (χ3v) is 5.11. The average molecular weight is 344 g/mol. The van der Waals surface area contributed by atoms with Gasteiger partial charge in [0.2, 0.25) is 5.89 Å². The zero-order valence-electron chi connectivity index (χ0n) is 14.2. The van der Waals surface area contributed by atoms with Crippen molar-refractivity contribution in [3.8, 4) is 0 Å². The van der Waals surface area contributed by atoms with Gasteiger partial charge in [0.05, 0.1) is 12.0 Å². The monoisotopic (exact) mass is 344 g/mol. The van der Waals surface area contributed by atoms with Gasteiger partial charge in [-0.3, -0.25) is 0 Å². The smallest absolute Gasteiger partial charge is 0.317 e. The third kappa shape index (κ3) is 3.10. The Hall–Kier alpha value is -2.44. The van der Waals surface area contributed by atoms with Gasteiger partial charge in [-0.15, -0.1) is 0 Å². The Kier molecular flexibility index (Phi) is 4.15. The summed E-state index contributed by atoms with van der Waals surface area (Å²) >= 11 is 0. The minimum atomic E-state index is -0.181. The van der Waals surface area contributed by atoms with E-state index >= 15 is 0 Å². The summed E-state index contributed by atoms with van der Waals surface area (Å²) in [7, 11) is 0. The van der Waals surface area contributed by atoms with Crippen molar-refractivity contribution in [1.29, 1.82) is 0 Å². The van der Waals surface area contributed by atoms with E-state index in [4.69, 9.17) is 4.52 Å². The number of hydrogen-bond donors (Lipinski definition) is 1. The van der Waals surface area contributed by atoms with Crippen LogP contribution >= 0.6 is 0 Å². The molecule has 1 fully saturated rings. The molecular weight excluding hydrogens is 323 g/mol. The van der Waals surface area contributed by atoms with E-state index < -0.39 is 0 Å². The molecule has 0 spiro atoms. The Morgan fingerprint density at radius 2 is 2.28 bits per heavy atom.